The van der Waals surface area contributed by atoms with Crippen LogP contribution in [0.15, 0.2) is 18.2 Å². The van der Waals surface area contributed by atoms with E-state index in [9.17, 15) is 14.4 Å². The maximum Gasteiger partial charge on any atom is 0.310 e. The molecule has 192 valence electrons. The van der Waals surface area contributed by atoms with Gasteiger partial charge >= 0.3 is 5.97 Å². The highest BCUT2D eigenvalue weighted by atomic mass is 35.5. The largest absolute Gasteiger partial charge is 0.466 e. The average molecular weight is 523 g/mol. The number of aliphatic hydroxyl groups is 1. The lowest BCUT2D eigenvalue weighted by molar-refractivity contribution is -0.154. The van der Waals surface area contributed by atoms with Crippen molar-refractivity contribution >= 4 is 46.8 Å². The number of para-hydroxylation sites is 1. The van der Waals surface area contributed by atoms with Crippen molar-refractivity contribution < 1.29 is 24.2 Å². The third-order valence-corrected chi connectivity index (χ3v) is 10.2. The van der Waals surface area contributed by atoms with Gasteiger partial charge in [-0.3, -0.25) is 14.4 Å². The molecule has 0 aliphatic carbocycles. The first kappa shape index (κ1) is 26.3. The van der Waals surface area contributed by atoms with E-state index >= 15 is 0 Å². The van der Waals surface area contributed by atoms with Crippen LogP contribution < -0.4 is 5.32 Å². The van der Waals surface area contributed by atoms with Crippen molar-refractivity contribution in [1.29, 1.82) is 0 Å². The van der Waals surface area contributed by atoms with Gasteiger partial charge in [0.2, 0.25) is 11.8 Å². The number of aryl methyl sites for hydroxylation is 1. The highest BCUT2D eigenvalue weighted by Gasteiger charge is 2.76. The molecular formula is C26H35ClN2O5S. The summed E-state index contributed by atoms with van der Waals surface area (Å²) in [6.07, 6.45) is 3.94. The third-order valence-electron chi connectivity index (χ3n) is 7.83. The van der Waals surface area contributed by atoms with Gasteiger partial charge in [-0.25, -0.2) is 0 Å². The number of nitrogens with zero attached hydrogens (tertiary/aromatic N) is 1. The van der Waals surface area contributed by atoms with Gasteiger partial charge in [0, 0.05) is 18.4 Å². The van der Waals surface area contributed by atoms with Crippen molar-refractivity contribution in [1.82, 2.24) is 4.90 Å². The zero-order chi connectivity index (χ0) is 25.3. The molecule has 6 atom stereocenters. The Bertz CT molecular complexity index is 970. The second kappa shape index (κ2) is 10.7. The Morgan fingerprint density at radius 1 is 1.29 bits per heavy atom. The first-order valence-electron chi connectivity index (χ1n) is 12.6. The quantitative estimate of drug-likeness (QED) is 0.355. The van der Waals surface area contributed by atoms with Crippen LogP contribution in [0.3, 0.4) is 0 Å². The number of carbonyl (C=O) groups excluding carboxylic acids is 3. The van der Waals surface area contributed by atoms with Gasteiger partial charge in [0.05, 0.1) is 33.9 Å². The number of hydrogen-bond acceptors (Lipinski definition) is 6. The van der Waals surface area contributed by atoms with E-state index in [-0.39, 0.29) is 42.2 Å². The van der Waals surface area contributed by atoms with Gasteiger partial charge in [-0.15, -0.1) is 11.8 Å². The minimum absolute atomic E-state index is 0.0259. The molecular weight excluding hydrogens is 488 g/mol. The van der Waals surface area contributed by atoms with Crippen molar-refractivity contribution in [2.75, 3.05) is 25.1 Å². The lowest BCUT2D eigenvalue weighted by Gasteiger charge is -2.38. The van der Waals surface area contributed by atoms with E-state index in [1.807, 2.05) is 19.1 Å². The number of ether oxygens (including phenoxy) is 1. The molecule has 2 bridgehead atoms. The Balaban J connectivity index is 1.68. The number of esters is 1. The predicted octanol–water partition coefficient (Wildman–Crippen LogP) is 4.04. The number of anilines is 1. The minimum Gasteiger partial charge on any atom is -0.466 e. The molecule has 3 fully saturated rings. The number of nitrogens with one attached hydrogen (secondary N) is 1. The van der Waals surface area contributed by atoms with E-state index in [0.29, 0.717) is 17.3 Å². The molecule has 3 aliphatic rings. The predicted molar refractivity (Wildman–Crippen MR) is 137 cm³/mol. The summed E-state index contributed by atoms with van der Waals surface area (Å²) in [5.74, 6) is -1.71. The minimum atomic E-state index is -0.696. The number of likely N-dealkylation sites (tertiary alicyclic amines) is 1. The maximum atomic E-state index is 14.0. The van der Waals surface area contributed by atoms with Gasteiger partial charge in [0.1, 0.15) is 6.04 Å². The lowest BCUT2D eigenvalue weighted by atomic mass is 9.66. The molecule has 3 unspecified atom stereocenters. The summed E-state index contributed by atoms with van der Waals surface area (Å²) in [6, 6.07) is 4.76. The van der Waals surface area contributed by atoms with Crippen LogP contribution in [0, 0.1) is 24.7 Å². The van der Waals surface area contributed by atoms with Crippen molar-refractivity contribution in [3.05, 3.63) is 28.8 Å². The first-order chi connectivity index (χ1) is 16.8. The van der Waals surface area contributed by atoms with E-state index < -0.39 is 22.6 Å². The second-order valence-corrected chi connectivity index (χ2v) is 11.9. The Labute approximate surface area is 216 Å². The molecule has 0 saturated carbocycles. The molecule has 2 amide bonds. The number of thioether (sulfide) groups is 1. The summed E-state index contributed by atoms with van der Waals surface area (Å²) < 4.78 is 4.71. The first-order valence-corrected chi connectivity index (χ1v) is 13.8. The third kappa shape index (κ3) is 4.46. The molecule has 0 radical (unpaired) electrons. The number of aliphatic hydroxyl groups excluding tert-OH is 1. The summed E-state index contributed by atoms with van der Waals surface area (Å²) in [5, 5.41) is 12.5. The highest BCUT2D eigenvalue weighted by molar-refractivity contribution is 8.02. The zero-order valence-electron chi connectivity index (χ0n) is 20.6. The summed E-state index contributed by atoms with van der Waals surface area (Å²) in [4.78, 5) is 42.6. The number of hydrogen-bond donors (Lipinski definition) is 2. The molecule has 1 aromatic rings. The van der Waals surface area contributed by atoms with Crippen LogP contribution in [0.2, 0.25) is 5.02 Å². The molecule has 3 aliphatic heterocycles. The van der Waals surface area contributed by atoms with Crippen molar-refractivity contribution in [2.24, 2.45) is 17.8 Å². The number of carbonyl (C=O) groups is 3. The molecule has 35 heavy (non-hydrogen) atoms. The Kier molecular flexibility index (Phi) is 8.03. The summed E-state index contributed by atoms with van der Waals surface area (Å²) in [5.41, 5.74) is 1.40. The Morgan fingerprint density at radius 3 is 2.71 bits per heavy atom. The molecule has 3 saturated heterocycles. The summed E-state index contributed by atoms with van der Waals surface area (Å²) >= 11 is 8.05. The molecule has 2 N–H and O–H groups in total. The van der Waals surface area contributed by atoms with Crippen molar-refractivity contribution in [3.63, 3.8) is 0 Å². The van der Waals surface area contributed by atoms with E-state index in [1.54, 1.807) is 29.7 Å². The molecule has 3 heterocycles. The van der Waals surface area contributed by atoms with Gasteiger partial charge in [-0.1, -0.05) is 43.5 Å². The van der Waals surface area contributed by atoms with Crippen LogP contribution in [0.1, 0.15) is 51.5 Å². The van der Waals surface area contributed by atoms with Crippen molar-refractivity contribution in [3.8, 4) is 0 Å². The van der Waals surface area contributed by atoms with E-state index in [2.05, 4.69) is 12.2 Å². The molecule has 1 spiro atoms. The molecule has 4 rings (SSSR count). The number of benzene rings is 1. The average Bonchev–Trinajstić information content (AvgIpc) is 3.40. The fraction of sp³-hybridized carbons (Fsp3) is 0.654. The maximum absolute atomic E-state index is 14.0. The SMILES string of the molecule is CCOC(=O)[C@@H]1[C@H]2C(=O)N(CCCCCCO)C(C(=O)Nc3c(C)cccc3Cl)C23S[C@@H]1CC3C. The van der Waals surface area contributed by atoms with Crippen LogP contribution in [-0.4, -0.2) is 63.6 Å². The Hall–Kier alpha value is -1.77. The monoisotopic (exact) mass is 522 g/mol. The van der Waals surface area contributed by atoms with Gasteiger partial charge < -0.3 is 20.1 Å². The number of fused-ring (bicyclic) bond motifs is 1. The summed E-state index contributed by atoms with van der Waals surface area (Å²) in [6.45, 7) is 6.61. The normalized spacial score (nSPS) is 31.1. The van der Waals surface area contributed by atoms with Crippen LogP contribution in [0.4, 0.5) is 5.69 Å². The van der Waals surface area contributed by atoms with Crippen LogP contribution in [0.5, 0.6) is 0 Å². The van der Waals surface area contributed by atoms with E-state index in [0.717, 1.165) is 37.7 Å². The van der Waals surface area contributed by atoms with Crippen LogP contribution in [0.25, 0.3) is 0 Å². The van der Waals surface area contributed by atoms with Gasteiger partial charge in [-0.2, -0.15) is 0 Å². The standard InChI is InChI=1S/C26H35ClN2O5S/c1-4-34-25(33)19-18-14-16(3)26(35-18)20(19)24(32)29(12-7-5-6-8-13-30)22(26)23(31)28-21-15(2)10-9-11-17(21)27/h9-11,16,18-20,22,30H,4-8,12-14H2,1-3H3,(H,28,31)/t16?,18-,19+,20+,22?,26?/m1/s1. The van der Waals surface area contributed by atoms with E-state index in [4.69, 9.17) is 21.4 Å². The van der Waals surface area contributed by atoms with E-state index in [1.165, 1.54) is 0 Å². The Morgan fingerprint density at radius 2 is 2.03 bits per heavy atom. The fourth-order valence-electron chi connectivity index (χ4n) is 6.30. The fourth-order valence-corrected chi connectivity index (χ4v) is 8.97. The zero-order valence-corrected chi connectivity index (χ0v) is 22.2. The topological polar surface area (TPSA) is 95.9 Å². The number of amides is 2. The highest BCUT2D eigenvalue weighted by Crippen LogP contribution is 2.68. The van der Waals surface area contributed by atoms with Gasteiger partial charge in [-0.05, 0) is 50.7 Å². The summed E-state index contributed by atoms with van der Waals surface area (Å²) in [7, 11) is 0. The molecule has 1 aromatic carbocycles. The lowest BCUT2D eigenvalue weighted by Crippen LogP contribution is -2.54. The number of unbranched alkanes of at least 4 members (excludes halogenated alkanes) is 3. The number of rotatable bonds is 10. The van der Waals surface area contributed by atoms with Crippen LogP contribution in [-0.2, 0) is 19.1 Å². The van der Waals surface area contributed by atoms with Gasteiger partial charge in [0.25, 0.3) is 0 Å². The number of halogens is 1. The van der Waals surface area contributed by atoms with Crippen LogP contribution >= 0.6 is 23.4 Å². The smallest absolute Gasteiger partial charge is 0.310 e. The second-order valence-electron chi connectivity index (χ2n) is 9.90. The van der Waals surface area contributed by atoms with Gasteiger partial charge in [0.15, 0.2) is 0 Å². The molecule has 9 heteroatoms. The molecule has 0 aromatic heterocycles. The molecule has 7 nitrogen and oxygen atoms in total. The van der Waals surface area contributed by atoms with Crippen molar-refractivity contribution in [2.45, 2.75) is 68.9 Å².